The van der Waals surface area contributed by atoms with Crippen molar-refractivity contribution < 1.29 is 14.7 Å². The van der Waals surface area contributed by atoms with Crippen LogP contribution in [0.25, 0.3) is 0 Å². The summed E-state index contributed by atoms with van der Waals surface area (Å²) in [5.74, 6) is -1.00. The molecule has 2 amide bonds. The zero-order valence-corrected chi connectivity index (χ0v) is 12.0. The fourth-order valence-corrected chi connectivity index (χ4v) is 1.68. The van der Waals surface area contributed by atoms with Gasteiger partial charge in [0.1, 0.15) is 0 Å². The molecule has 0 saturated carbocycles. The summed E-state index contributed by atoms with van der Waals surface area (Å²) in [6, 6.07) is 4.47. The molecule has 0 fully saturated rings. The molecule has 1 unspecified atom stereocenters. The molecule has 0 aliphatic carbocycles. The molecule has 0 heterocycles. The third-order valence-corrected chi connectivity index (χ3v) is 3.65. The smallest absolute Gasteiger partial charge is 0.336 e. The molecule has 1 aromatic carbocycles. The molecule has 3 N–H and O–H groups in total. The highest BCUT2D eigenvalue weighted by Gasteiger charge is 2.09. The highest BCUT2D eigenvalue weighted by molar-refractivity contribution is 7.99. The van der Waals surface area contributed by atoms with Crippen LogP contribution in [0.3, 0.4) is 0 Å². The Morgan fingerprint density at radius 2 is 2.11 bits per heavy atom. The van der Waals surface area contributed by atoms with Crippen LogP contribution in [0.2, 0.25) is 0 Å². The van der Waals surface area contributed by atoms with E-state index in [0.29, 0.717) is 23.0 Å². The SMILES string of the molecule is CSC(C)CNC(=O)Nc1ccc(C)c(C(=O)O)c1. The third kappa shape index (κ3) is 4.82. The zero-order chi connectivity index (χ0) is 14.4. The van der Waals surface area contributed by atoms with Gasteiger partial charge < -0.3 is 15.7 Å². The van der Waals surface area contributed by atoms with E-state index in [1.54, 1.807) is 30.8 Å². The summed E-state index contributed by atoms with van der Waals surface area (Å²) in [5.41, 5.74) is 1.32. The molecule has 0 aliphatic rings. The van der Waals surface area contributed by atoms with Gasteiger partial charge in [-0.15, -0.1) is 0 Å². The molecular formula is C13H18N2O3S. The minimum atomic E-state index is -1.00. The van der Waals surface area contributed by atoms with Gasteiger partial charge in [0.15, 0.2) is 0 Å². The van der Waals surface area contributed by atoms with Gasteiger partial charge in [0.05, 0.1) is 5.56 Å². The first kappa shape index (κ1) is 15.4. The second kappa shape index (κ2) is 7.04. The standard InChI is InChI=1S/C13H18N2O3S/c1-8-4-5-10(6-11(8)12(16)17)15-13(18)14-7-9(2)19-3/h4-6,9H,7H2,1-3H3,(H,16,17)(H2,14,15,18). The monoisotopic (exact) mass is 282 g/mol. The Hall–Kier alpha value is -1.69. The van der Waals surface area contributed by atoms with Crippen LogP contribution < -0.4 is 10.6 Å². The average Bonchev–Trinajstić information content (AvgIpc) is 2.37. The number of aryl methyl sites for hydroxylation is 1. The van der Waals surface area contributed by atoms with Gasteiger partial charge in [-0.2, -0.15) is 11.8 Å². The Morgan fingerprint density at radius 3 is 2.68 bits per heavy atom. The Labute approximate surface area is 116 Å². The minimum absolute atomic E-state index is 0.190. The van der Waals surface area contributed by atoms with Crippen LogP contribution in [-0.4, -0.2) is 35.2 Å². The summed E-state index contributed by atoms with van der Waals surface area (Å²) in [6.45, 7) is 4.29. The number of carboxylic acid groups (broad SMARTS) is 1. The molecule has 1 rings (SSSR count). The largest absolute Gasteiger partial charge is 0.478 e. The normalized spacial score (nSPS) is 11.7. The maximum absolute atomic E-state index is 11.6. The number of thioether (sulfide) groups is 1. The maximum Gasteiger partial charge on any atom is 0.336 e. The van der Waals surface area contributed by atoms with Crippen LogP contribution in [-0.2, 0) is 0 Å². The van der Waals surface area contributed by atoms with Crippen LogP contribution in [0.5, 0.6) is 0 Å². The second-order valence-electron chi connectivity index (χ2n) is 4.22. The van der Waals surface area contributed by atoms with Gasteiger partial charge in [-0.05, 0) is 30.9 Å². The van der Waals surface area contributed by atoms with E-state index < -0.39 is 5.97 Å². The van der Waals surface area contributed by atoms with E-state index in [1.807, 2.05) is 13.2 Å². The van der Waals surface area contributed by atoms with Crippen molar-refractivity contribution in [2.24, 2.45) is 0 Å². The van der Waals surface area contributed by atoms with E-state index in [-0.39, 0.29) is 11.6 Å². The number of aromatic carboxylic acids is 1. The zero-order valence-electron chi connectivity index (χ0n) is 11.2. The van der Waals surface area contributed by atoms with Crippen LogP contribution in [0.1, 0.15) is 22.8 Å². The van der Waals surface area contributed by atoms with Crippen LogP contribution >= 0.6 is 11.8 Å². The molecular weight excluding hydrogens is 264 g/mol. The first-order chi connectivity index (χ1) is 8.93. The molecule has 0 spiro atoms. The van der Waals surface area contributed by atoms with Crippen molar-refractivity contribution in [1.29, 1.82) is 0 Å². The summed E-state index contributed by atoms with van der Waals surface area (Å²) in [4.78, 5) is 22.6. The van der Waals surface area contributed by atoms with Crippen LogP contribution in [0.15, 0.2) is 18.2 Å². The number of hydrogen-bond donors (Lipinski definition) is 3. The average molecular weight is 282 g/mol. The predicted molar refractivity (Wildman–Crippen MR) is 78.1 cm³/mol. The van der Waals surface area contributed by atoms with E-state index >= 15 is 0 Å². The lowest BCUT2D eigenvalue weighted by molar-refractivity contribution is 0.0696. The summed E-state index contributed by atoms with van der Waals surface area (Å²) in [6.07, 6.45) is 1.98. The lowest BCUT2D eigenvalue weighted by atomic mass is 10.1. The molecule has 104 valence electrons. The quantitative estimate of drug-likeness (QED) is 0.775. The molecule has 0 aromatic heterocycles. The Morgan fingerprint density at radius 1 is 1.42 bits per heavy atom. The van der Waals surface area contributed by atoms with E-state index in [1.165, 1.54) is 6.07 Å². The van der Waals surface area contributed by atoms with Crippen LogP contribution in [0, 0.1) is 6.92 Å². The van der Waals surface area contributed by atoms with Crippen molar-refractivity contribution in [2.45, 2.75) is 19.1 Å². The number of hydrogen-bond acceptors (Lipinski definition) is 3. The lowest BCUT2D eigenvalue weighted by Crippen LogP contribution is -2.33. The summed E-state index contributed by atoms with van der Waals surface area (Å²) in [5, 5.41) is 14.7. The van der Waals surface area contributed by atoms with Crippen molar-refractivity contribution >= 4 is 29.4 Å². The Balaban J connectivity index is 2.64. The van der Waals surface area contributed by atoms with Gasteiger partial charge in [-0.25, -0.2) is 9.59 Å². The van der Waals surface area contributed by atoms with Crippen molar-refractivity contribution in [3.05, 3.63) is 29.3 Å². The highest BCUT2D eigenvalue weighted by Crippen LogP contribution is 2.15. The number of carboxylic acids is 1. The summed E-state index contributed by atoms with van der Waals surface area (Å²) < 4.78 is 0. The van der Waals surface area contributed by atoms with Gasteiger partial charge in [-0.1, -0.05) is 13.0 Å². The van der Waals surface area contributed by atoms with Gasteiger partial charge in [0, 0.05) is 17.5 Å². The van der Waals surface area contributed by atoms with Crippen molar-refractivity contribution in [3.8, 4) is 0 Å². The topological polar surface area (TPSA) is 78.4 Å². The predicted octanol–water partition coefficient (Wildman–Crippen LogP) is 2.57. The third-order valence-electron chi connectivity index (χ3n) is 2.68. The molecule has 1 atom stereocenters. The van der Waals surface area contributed by atoms with Gasteiger partial charge >= 0.3 is 12.0 Å². The van der Waals surface area contributed by atoms with Crippen LogP contribution in [0.4, 0.5) is 10.5 Å². The molecule has 0 bridgehead atoms. The summed E-state index contributed by atoms with van der Waals surface area (Å²) in [7, 11) is 0. The molecule has 5 nitrogen and oxygen atoms in total. The highest BCUT2D eigenvalue weighted by atomic mass is 32.2. The fourth-order valence-electron chi connectivity index (χ4n) is 1.43. The Kier molecular flexibility index (Phi) is 5.69. The van der Waals surface area contributed by atoms with Crippen molar-refractivity contribution in [2.75, 3.05) is 18.1 Å². The molecule has 19 heavy (non-hydrogen) atoms. The number of urea groups is 1. The second-order valence-corrected chi connectivity index (χ2v) is 5.49. The number of benzene rings is 1. The fraction of sp³-hybridized carbons (Fsp3) is 0.385. The maximum atomic E-state index is 11.6. The Bertz CT molecular complexity index is 477. The number of anilines is 1. The minimum Gasteiger partial charge on any atom is -0.478 e. The van der Waals surface area contributed by atoms with E-state index in [2.05, 4.69) is 10.6 Å². The van der Waals surface area contributed by atoms with E-state index in [4.69, 9.17) is 5.11 Å². The number of carbonyl (C=O) groups excluding carboxylic acids is 1. The first-order valence-corrected chi connectivity index (χ1v) is 7.14. The molecule has 0 radical (unpaired) electrons. The lowest BCUT2D eigenvalue weighted by Gasteiger charge is -2.11. The van der Waals surface area contributed by atoms with Gasteiger partial charge in [0.25, 0.3) is 0 Å². The van der Waals surface area contributed by atoms with Gasteiger partial charge in [0.2, 0.25) is 0 Å². The number of amides is 2. The number of rotatable bonds is 5. The molecule has 0 aliphatic heterocycles. The molecule has 0 saturated heterocycles. The molecule has 6 heteroatoms. The first-order valence-electron chi connectivity index (χ1n) is 5.85. The van der Waals surface area contributed by atoms with Crippen molar-refractivity contribution in [1.82, 2.24) is 5.32 Å². The summed E-state index contributed by atoms with van der Waals surface area (Å²) >= 11 is 1.66. The van der Waals surface area contributed by atoms with Gasteiger partial charge in [-0.3, -0.25) is 0 Å². The van der Waals surface area contributed by atoms with E-state index in [9.17, 15) is 9.59 Å². The van der Waals surface area contributed by atoms with Crippen molar-refractivity contribution in [3.63, 3.8) is 0 Å². The molecule has 1 aromatic rings. The van der Waals surface area contributed by atoms with E-state index in [0.717, 1.165) is 0 Å². The number of carbonyl (C=O) groups is 2. The number of nitrogens with one attached hydrogen (secondary N) is 2.